The van der Waals surface area contributed by atoms with Crippen LogP contribution >= 0.6 is 0 Å². The van der Waals surface area contributed by atoms with Gasteiger partial charge in [-0.2, -0.15) is 114 Å². The van der Waals surface area contributed by atoms with Crippen LogP contribution in [0, 0.1) is 0 Å². The molecule has 2 aromatic carbocycles. The largest absolute Gasteiger partial charge is 0.508 e. The van der Waals surface area contributed by atoms with Crippen molar-refractivity contribution >= 4 is 0 Å². The first-order valence-corrected chi connectivity index (χ1v) is 12.5. The van der Waals surface area contributed by atoms with Gasteiger partial charge >= 0.3 is 71.6 Å². The predicted molar refractivity (Wildman–Crippen MR) is 118 cm³/mol. The number of phenols is 2. The van der Waals surface area contributed by atoms with E-state index in [4.69, 9.17) is 0 Å². The summed E-state index contributed by atoms with van der Waals surface area (Å²) >= 11 is 0. The molecular formula is C25H10F26O2. The zero-order valence-electron chi connectivity index (χ0n) is 23.9. The normalized spacial score (nSPS) is 15.6. The number of rotatable bonds is 12. The second-order valence-corrected chi connectivity index (χ2v) is 10.6. The van der Waals surface area contributed by atoms with E-state index in [-0.39, 0.29) is 12.1 Å². The Labute approximate surface area is 273 Å². The molecule has 0 unspecified atom stereocenters. The minimum absolute atomic E-state index is 0.317. The Hall–Kier alpha value is -3.78. The molecule has 0 atom stereocenters. The second-order valence-electron chi connectivity index (χ2n) is 10.6. The SMILES string of the molecule is Oc1ccc(C(F)(F)C(F)(F)C(F)(F)C(F)(F)C(F)(F)C(F)(F)F)cc1Cc1cc(C(F)(F)C(F)(F)C(F)(F)C(F)(F)C(F)(F)C(F)(F)F)ccc1O. The van der Waals surface area contributed by atoms with E-state index in [1.807, 2.05) is 0 Å². The highest BCUT2D eigenvalue weighted by atomic mass is 19.4. The fourth-order valence-corrected chi connectivity index (χ4v) is 3.95. The van der Waals surface area contributed by atoms with Gasteiger partial charge in [-0.1, -0.05) is 0 Å². The molecule has 0 amide bonds. The summed E-state index contributed by atoms with van der Waals surface area (Å²) in [5.41, 5.74) is -8.97. The Kier molecular flexibility index (Phi) is 10.6. The highest BCUT2D eigenvalue weighted by Crippen LogP contribution is 2.64. The zero-order valence-corrected chi connectivity index (χ0v) is 23.9. The lowest BCUT2D eigenvalue weighted by atomic mass is 9.88. The van der Waals surface area contributed by atoms with Crippen LogP contribution in [0.2, 0.25) is 0 Å². The van der Waals surface area contributed by atoms with Gasteiger partial charge in [-0.15, -0.1) is 0 Å². The molecule has 0 bridgehead atoms. The molecule has 2 aromatic rings. The molecule has 0 aliphatic carbocycles. The van der Waals surface area contributed by atoms with Crippen LogP contribution in [0.4, 0.5) is 114 Å². The number of phenolic OH excluding ortho intramolecular Hbond substituents is 2. The molecule has 304 valence electrons. The molecule has 0 saturated carbocycles. The zero-order chi connectivity index (χ0) is 42.4. The molecule has 0 aliphatic rings. The molecule has 53 heavy (non-hydrogen) atoms. The van der Waals surface area contributed by atoms with Crippen LogP contribution in [0.5, 0.6) is 11.5 Å². The number of halogens is 26. The van der Waals surface area contributed by atoms with Gasteiger partial charge in [0.1, 0.15) is 11.5 Å². The first kappa shape index (κ1) is 45.4. The van der Waals surface area contributed by atoms with Crippen LogP contribution < -0.4 is 0 Å². The lowest BCUT2D eigenvalue weighted by Crippen LogP contribution is -2.69. The average molecular weight is 836 g/mol. The Morgan fingerprint density at radius 3 is 0.774 bits per heavy atom. The van der Waals surface area contributed by atoms with E-state index in [2.05, 4.69) is 0 Å². The van der Waals surface area contributed by atoms with Gasteiger partial charge in [-0.25, -0.2) is 0 Å². The van der Waals surface area contributed by atoms with E-state index in [0.29, 0.717) is 0 Å². The lowest BCUT2D eigenvalue weighted by molar-refractivity contribution is -0.441. The minimum atomic E-state index is -8.37. The summed E-state index contributed by atoms with van der Waals surface area (Å²) in [5, 5.41) is 19.6. The van der Waals surface area contributed by atoms with Gasteiger partial charge < -0.3 is 10.2 Å². The van der Waals surface area contributed by atoms with Crippen LogP contribution in [0.25, 0.3) is 0 Å². The third-order valence-corrected chi connectivity index (χ3v) is 7.13. The maximum Gasteiger partial charge on any atom is 0.460 e. The fourth-order valence-electron chi connectivity index (χ4n) is 3.95. The Bertz CT molecular complexity index is 1550. The first-order chi connectivity index (χ1) is 23.0. The molecule has 28 heteroatoms. The number of hydrogen-bond donors (Lipinski definition) is 2. The average Bonchev–Trinajstić information content (AvgIpc) is 2.97. The number of hydrogen-bond acceptors (Lipinski definition) is 2. The van der Waals surface area contributed by atoms with E-state index in [1.54, 1.807) is 0 Å². The summed E-state index contributed by atoms with van der Waals surface area (Å²) in [6, 6.07) is -3.39. The third-order valence-electron chi connectivity index (χ3n) is 7.13. The molecule has 0 aliphatic heterocycles. The van der Waals surface area contributed by atoms with Crippen LogP contribution in [0.15, 0.2) is 36.4 Å². The van der Waals surface area contributed by atoms with Gasteiger partial charge in [-0.3, -0.25) is 0 Å². The van der Waals surface area contributed by atoms with Crippen molar-refractivity contribution in [3.05, 3.63) is 58.7 Å². The predicted octanol–water partition coefficient (Wildman–Crippen LogP) is 11.1. The van der Waals surface area contributed by atoms with Crippen LogP contribution in [0.1, 0.15) is 22.3 Å². The highest BCUT2D eigenvalue weighted by molar-refractivity contribution is 5.47. The Balaban J connectivity index is 2.70. The van der Waals surface area contributed by atoms with E-state index in [9.17, 15) is 124 Å². The Morgan fingerprint density at radius 1 is 0.321 bits per heavy atom. The van der Waals surface area contributed by atoms with Crippen molar-refractivity contribution in [1.29, 1.82) is 0 Å². The first-order valence-electron chi connectivity index (χ1n) is 12.5. The minimum Gasteiger partial charge on any atom is -0.508 e. The third kappa shape index (κ3) is 6.27. The fraction of sp³-hybridized carbons (Fsp3) is 0.520. The highest BCUT2D eigenvalue weighted by Gasteiger charge is 2.92. The molecule has 0 aromatic heterocycles. The van der Waals surface area contributed by atoms with Crippen molar-refractivity contribution in [2.24, 2.45) is 0 Å². The summed E-state index contributed by atoms with van der Waals surface area (Å²) in [6.45, 7) is 0. The van der Waals surface area contributed by atoms with E-state index >= 15 is 0 Å². The van der Waals surface area contributed by atoms with Gasteiger partial charge in [-0.05, 0) is 47.5 Å². The molecule has 0 fully saturated rings. The second kappa shape index (κ2) is 12.4. The molecule has 2 rings (SSSR count). The topological polar surface area (TPSA) is 40.5 Å². The number of alkyl halides is 26. The lowest BCUT2D eigenvalue weighted by Gasteiger charge is -2.40. The maximum atomic E-state index is 14.6. The standard InChI is InChI=1S/C25H10F26O2/c26-14(27,16(30,31)18(34,35)20(38,39)22(42,43)24(46,47)48)10-1-3-12(52)8(6-10)5-9-7-11(2-4-13(9)53)15(28,29)17(32,33)19(36,37)21(40,41)23(44,45)25(49,50)51/h1-4,6-7,52-53H,5H2. The van der Waals surface area contributed by atoms with Crippen LogP contribution in [-0.2, 0) is 18.3 Å². The van der Waals surface area contributed by atoms with Crippen LogP contribution in [0.3, 0.4) is 0 Å². The van der Waals surface area contributed by atoms with E-state index < -0.39 is 136 Å². The summed E-state index contributed by atoms with van der Waals surface area (Å²) in [5.74, 6) is -83.0. The summed E-state index contributed by atoms with van der Waals surface area (Å²) in [6.07, 6.45) is -17.5. The van der Waals surface area contributed by atoms with Gasteiger partial charge in [0, 0.05) is 17.5 Å². The van der Waals surface area contributed by atoms with Gasteiger partial charge in [0.05, 0.1) is 0 Å². The summed E-state index contributed by atoms with van der Waals surface area (Å²) in [4.78, 5) is 0. The van der Waals surface area contributed by atoms with Crippen molar-refractivity contribution in [1.82, 2.24) is 0 Å². The summed E-state index contributed by atoms with van der Waals surface area (Å²) < 4.78 is 352. The maximum absolute atomic E-state index is 14.6. The Morgan fingerprint density at radius 2 is 0.547 bits per heavy atom. The smallest absolute Gasteiger partial charge is 0.460 e. The van der Waals surface area contributed by atoms with Crippen molar-refractivity contribution in [3.63, 3.8) is 0 Å². The molecule has 0 radical (unpaired) electrons. The van der Waals surface area contributed by atoms with Crippen LogP contribution in [-0.4, -0.2) is 69.9 Å². The number of benzene rings is 2. The van der Waals surface area contributed by atoms with Crippen molar-refractivity contribution in [2.75, 3.05) is 0 Å². The van der Waals surface area contributed by atoms with Crippen molar-refractivity contribution in [2.45, 2.75) is 78.0 Å². The molecule has 2 nitrogen and oxygen atoms in total. The van der Waals surface area contributed by atoms with E-state index in [1.165, 1.54) is 0 Å². The van der Waals surface area contributed by atoms with E-state index in [0.717, 1.165) is 0 Å². The quantitative estimate of drug-likeness (QED) is 0.209. The van der Waals surface area contributed by atoms with Gasteiger partial charge in [0.2, 0.25) is 0 Å². The molecule has 2 N–H and O–H groups in total. The van der Waals surface area contributed by atoms with Crippen molar-refractivity contribution in [3.8, 4) is 11.5 Å². The number of aromatic hydroxyl groups is 2. The molecule has 0 heterocycles. The van der Waals surface area contributed by atoms with Gasteiger partial charge in [0.25, 0.3) is 0 Å². The molecule has 0 spiro atoms. The van der Waals surface area contributed by atoms with Crippen molar-refractivity contribution < 1.29 is 124 Å². The molecule has 0 saturated heterocycles. The molecular weight excluding hydrogens is 826 g/mol. The summed E-state index contributed by atoms with van der Waals surface area (Å²) in [7, 11) is 0. The monoisotopic (exact) mass is 836 g/mol. The van der Waals surface area contributed by atoms with Gasteiger partial charge in [0.15, 0.2) is 0 Å².